The number of ether oxygens (including phenoxy) is 1. The van der Waals surface area contributed by atoms with Crippen LogP contribution in [0.3, 0.4) is 0 Å². The number of hydrogen-bond donors (Lipinski definition) is 3. The smallest absolute Gasteiger partial charge is 0.347 e. The maximum atomic E-state index is 11.9. The summed E-state index contributed by atoms with van der Waals surface area (Å²) in [5, 5.41) is 19.1. The van der Waals surface area contributed by atoms with Crippen molar-refractivity contribution in [1.29, 1.82) is 0 Å². The van der Waals surface area contributed by atoms with Crippen molar-refractivity contribution < 1.29 is 32.7 Å². The van der Waals surface area contributed by atoms with Gasteiger partial charge in [0.05, 0.1) is 4.90 Å². The van der Waals surface area contributed by atoms with Crippen molar-refractivity contribution in [3.63, 3.8) is 0 Å². The highest BCUT2D eigenvalue weighted by atomic mass is 32.2. The number of phenols is 2. The first kappa shape index (κ1) is 14.8. The molecule has 2 aromatic rings. The van der Waals surface area contributed by atoms with Gasteiger partial charge in [0.25, 0.3) is 10.1 Å². The molecule has 0 atom stereocenters. The molecule has 0 radical (unpaired) electrons. The van der Waals surface area contributed by atoms with Crippen LogP contribution in [0.2, 0.25) is 0 Å². The fourth-order valence-electron chi connectivity index (χ4n) is 1.54. The van der Waals surface area contributed by atoms with Gasteiger partial charge in [-0.15, -0.1) is 0 Å². The van der Waals surface area contributed by atoms with Crippen molar-refractivity contribution in [3.8, 4) is 17.2 Å². The third-order valence-electron chi connectivity index (χ3n) is 2.55. The maximum Gasteiger partial charge on any atom is 0.347 e. The third-order valence-corrected chi connectivity index (χ3v) is 3.40. The molecule has 2 aromatic carbocycles. The van der Waals surface area contributed by atoms with Crippen molar-refractivity contribution in [3.05, 3.63) is 48.0 Å². The summed E-state index contributed by atoms with van der Waals surface area (Å²) < 4.78 is 35.8. The lowest BCUT2D eigenvalue weighted by Crippen LogP contribution is -2.10. The Morgan fingerprint density at radius 2 is 1.67 bits per heavy atom. The Labute approximate surface area is 119 Å². The summed E-state index contributed by atoms with van der Waals surface area (Å²) in [5.41, 5.74) is -0.464. The van der Waals surface area contributed by atoms with Crippen LogP contribution in [-0.2, 0) is 10.1 Å². The van der Waals surface area contributed by atoms with Gasteiger partial charge < -0.3 is 14.9 Å². The average molecular weight is 310 g/mol. The van der Waals surface area contributed by atoms with E-state index in [1.54, 1.807) is 0 Å². The highest BCUT2D eigenvalue weighted by Crippen LogP contribution is 2.27. The van der Waals surface area contributed by atoms with E-state index in [9.17, 15) is 23.4 Å². The molecule has 0 unspecified atom stereocenters. The predicted molar refractivity (Wildman–Crippen MR) is 71.0 cm³/mol. The molecule has 2 rings (SSSR count). The Hall–Kier alpha value is -2.58. The summed E-state index contributed by atoms with van der Waals surface area (Å²) in [5.74, 6) is -2.06. The number of para-hydroxylation sites is 2. The van der Waals surface area contributed by atoms with E-state index in [-0.39, 0.29) is 11.5 Å². The minimum atomic E-state index is -4.52. The van der Waals surface area contributed by atoms with E-state index < -0.39 is 32.3 Å². The zero-order valence-corrected chi connectivity index (χ0v) is 11.2. The van der Waals surface area contributed by atoms with Crippen LogP contribution in [0, 0.1) is 0 Å². The van der Waals surface area contributed by atoms with E-state index in [4.69, 9.17) is 9.29 Å². The van der Waals surface area contributed by atoms with Crippen molar-refractivity contribution in [2.75, 3.05) is 0 Å². The number of aromatic hydroxyl groups is 2. The third kappa shape index (κ3) is 3.30. The molecule has 8 heteroatoms. The largest absolute Gasteiger partial charge is 0.507 e. The van der Waals surface area contributed by atoms with Crippen LogP contribution < -0.4 is 4.74 Å². The molecule has 3 N–H and O–H groups in total. The molecule has 0 bridgehead atoms. The molecule has 0 aromatic heterocycles. The topological polar surface area (TPSA) is 121 Å². The number of rotatable bonds is 3. The van der Waals surface area contributed by atoms with Gasteiger partial charge in [-0.1, -0.05) is 12.1 Å². The number of esters is 1. The molecule has 0 spiro atoms. The van der Waals surface area contributed by atoms with E-state index in [1.165, 1.54) is 24.3 Å². The highest BCUT2D eigenvalue weighted by molar-refractivity contribution is 7.85. The van der Waals surface area contributed by atoms with Crippen LogP contribution in [0.5, 0.6) is 17.2 Å². The van der Waals surface area contributed by atoms with Gasteiger partial charge in [0.1, 0.15) is 11.3 Å². The van der Waals surface area contributed by atoms with Crippen LogP contribution in [0.1, 0.15) is 10.4 Å². The first-order valence-electron chi connectivity index (χ1n) is 5.60. The van der Waals surface area contributed by atoms with Gasteiger partial charge in [-0.3, -0.25) is 4.55 Å². The second-order valence-corrected chi connectivity index (χ2v) is 5.43. The molecule has 0 fully saturated rings. The van der Waals surface area contributed by atoms with Gasteiger partial charge in [0.15, 0.2) is 11.5 Å². The van der Waals surface area contributed by atoms with E-state index >= 15 is 0 Å². The number of carbonyl (C=O) groups excluding carboxylic acids is 1. The quantitative estimate of drug-likeness (QED) is 0.447. The second kappa shape index (κ2) is 5.43. The van der Waals surface area contributed by atoms with E-state index in [1.807, 2.05) is 0 Å². The van der Waals surface area contributed by atoms with Crippen LogP contribution in [-0.4, -0.2) is 29.2 Å². The first-order chi connectivity index (χ1) is 9.79. The first-order valence-corrected chi connectivity index (χ1v) is 7.04. The highest BCUT2D eigenvalue weighted by Gasteiger charge is 2.19. The van der Waals surface area contributed by atoms with E-state index in [2.05, 4.69) is 0 Å². The zero-order valence-electron chi connectivity index (χ0n) is 10.4. The summed E-state index contributed by atoms with van der Waals surface area (Å²) in [6.07, 6.45) is 0. The second-order valence-electron chi connectivity index (χ2n) is 4.01. The summed E-state index contributed by atoms with van der Waals surface area (Å²) >= 11 is 0. The van der Waals surface area contributed by atoms with Gasteiger partial charge in [-0.2, -0.15) is 8.42 Å². The fraction of sp³-hybridized carbons (Fsp3) is 0. The van der Waals surface area contributed by atoms with Gasteiger partial charge >= 0.3 is 5.97 Å². The molecular formula is C13H10O7S. The summed E-state index contributed by atoms with van der Waals surface area (Å²) in [7, 11) is -4.52. The number of benzene rings is 2. The predicted octanol–water partition coefficient (Wildman–Crippen LogP) is 1.56. The van der Waals surface area contributed by atoms with Crippen LogP contribution in [0.4, 0.5) is 0 Å². The molecule has 0 saturated heterocycles. The molecule has 7 nitrogen and oxygen atoms in total. The summed E-state index contributed by atoms with van der Waals surface area (Å²) in [6, 6.07) is 8.27. The Morgan fingerprint density at radius 1 is 1.00 bits per heavy atom. The Balaban J connectivity index is 2.38. The standard InChI is InChI=1S/C13H10O7S/c14-10-6-5-8(21(17,18)19)7-9(10)13(16)20-12-4-2-1-3-11(12)15/h1-7,14-15H,(H,17,18,19). The molecule has 0 aliphatic rings. The van der Waals surface area contributed by atoms with Crippen molar-refractivity contribution in [2.24, 2.45) is 0 Å². The molecule has 0 saturated carbocycles. The zero-order chi connectivity index (χ0) is 15.6. The monoisotopic (exact) mass is 310 g/mol. The van der Waals surface area contributed by atoms with Gasteiger partial charge in [-0.25, -0.2) is 4.79 Å². The minimum Gasteiger partial charge on any atom is -0.507 e. The lowest BCUT2D eigenvalue weighted by Gasteiger charge is -2.08. The SMILES string of the molecule is O=C(Oc1ccccc1O)c1cc(S(=O)(=O)O)ccc1O. The number of carbonyl (C=O) groups is 1. The molecule has 0 amide bonds. The molecule has 21 heavy (non-hydrogen) atoms. The fourth-order valence-corrected chi connectivity index (χ4v) is 2.04. The Bertz CT molecular complexity index is 796. The van der Waals surface area contributed by atoms with Crippen molar-refractivity contribution in [1.82, 2.24) is 0 Å². The summed E-state index contributed by atoms with van der Waals surface area (Å²) in [6.45, 7) is 0. The Morgan fingerprint density at radius 3 is 2.29 bits per heavy atom. The van der Waals surface area contributed by atoms with Crippen LogP contribution >= 0.6 is 0 Å². The molecule has 0 aliphatic heterocycles. The molecule has 0 aliphatic carbocycles. The minimum absolute atomic E-state index is 0.154. The molecule has 0 heterocycles. The van der Waals surface area contributed by atoms with Crippen LogP contribution in [0.25, 0.3) is 0 Å². The molecule has 110 valence electrons. The van der Waals surface area contributed by atoms with Gasteiger partial charge in [0, 0.05) is 0 Å². The van der Waals surface area contributed by atoms with Gasteiger partial charge in [0.2, 0.25) is 0 Å². The van der Waals surface area contributed by atoms with E-state index in [0.29, 0.717) is 0 Å². The lowest BCUT2D eigenvalue weighted by atomic mass is 10.2. The average Bonchev–Trinajstić information content (AvgIpc) is 2.40. The van der Waals surface area contributed by atoms with Crippen LogP contribution in [0.15, 0.2) is 47.4 Å². The van der Waals surface area contributed by atoms with Crippen molar-refractivity contribution >= 4 is 16.1 Å². The van der Waals surface area contributed by atoms with E-state index in [0.717, 1.165) is 18.2 Å². The summed E-state index contributed by atoms with van der Waals surface area (Å²) in [4.78, 5) is 11.3. The lowest BCUT2D eigenvalue weighted by molar-refractivity contribution is 0.0726. The number of phenolic OH excluding ortho intramolecular Hbond substituents is 2. The van der Waals surface area contributed by atoms with Gasteiger partial charge in [-0.05, 0) is 30.3 Å². The number of hydrogen-bond acceptors (Lipinski definition) is 6. The Kier molecular flexibility index (Phi) is 3.83. The maximum absolute atomic E-state index is 11.9. The van der Waals surface area contributed by atoms with Crippen molar-refractivity contribution in [2.45, 2.75) is 4.90 Å². The molecular weight excluding hydrogens is 300 g/mol. The normalized spacial score (nSPS) is 11.1.